The van der Waals surface area contributed by atoms with Crippen LogP contribution in [0.4, 0.5) is 10.5 Å². The van der Waals surface area contributed by atoms with Gasteiger partial charge >= 0.3 is 6.09 Å². The summed E-state index contributed by atoms with van der Waals surface area (Å²) in [4.78, 5) is 11.6. The first-order valence-electron chi connectivity index (χ1n) is 5.98. The number of carbonyl (C=O) groups excluding carboxylic acids is 1. The smallest absolute Gasteiger partial charge is 0.412 e. The largest absolute Gasteiger partial charge is 0.444 e. The number of anilines is 1. The molecule has 100 valence electrons. The summed E-state index contributed by atoms with van der Waals surface area (Å²) in [5, 5.41) is 2.72. The quantitative estimate of drug-likeness (QED) is 0.841. The van der Waals surface area contributed by atoms with E-state index in [-0.39, 0.29) is 0 Å². The third-order valence-corrected chi connectivity index (χ3v) is 2.95. The lowest BCUT2D eigenvalue weighted by Gasteiger charge is -2.20. The lowest BCUT2D eigenvalue weighted by Crippen LogP contribution is -2.27. The summed E-state index contributed by atoms with van der Waals surface area (Å²) in [6, 6.07) is 5.89. The summed E-state index contributed by atoms with van der Waals surface area (Å²) >= 11 is 3.45. The van der Waals surface area contributed by atoms with Crippen LogP contribution in [0.5, 0.6) is 0 Å². The fourth-order valence-corrected chi connectivity index (χ4v) is 1.90. The topological polar surface area (TPSA) is 38.3 Å². The lowest BCUT2D eigenvalue weighted by atomic mass is 10.0. The van der Waals surface area contributed by atoms with Gasteiger partial charge in [-0.15, -0.1) is 0 Å². The Balaban J connectivity index is 2.77. The monoisotopic (exact) mass is 313 g/mol. The molecule has 0 bridgehead atoms. The zero-order chi connectivity index (χ0) is 13.9. The molecule has 0 aliphatic rings. The molecule has 1 aromatic rings. The van der Waals surface area contributed by atoms with Gasteiger partial charge in [0.25, 0.3) is 0 Å². The summed E-state index contributed by atoms with van der Waals surface area (Å²) in [6.07, 6.45) is -0.444. The maximum absolute atomic E-state index is 11.6. The summed E-state index contributed by atoms with van der Waals surface area (Å²) in [5.74, 6) is 0.455. The van der Waals surface area contributed by atoms with Gasteiger partial charge in [-0.1, -0.05) is 19.9 Å². The summed E-state index contributed by atoms with van der Waals surface area (Å²) in [7, 11) is 0. The highest BCUT2D eigenvalue weighted by Gasteiger charge is 2.17. The minimum Gasteiger partial charge on any atom is -0.444 e. The minimum atomic E-state index is -0.492. The molecule has 18 heavy (non-hydrogen) atoms. The molecule has 1 N–H and O–H groups in total. The van der Waals surface area contributed by atoms with Crippen molar-refractivity contribution >= 4 is 27.7 Å². The first-order valence-corrected chi connectivity index (χ1v) is 6.78. The van der Waals surface area contributed by atoms with Crippen molar-refractivity contribution in [2.75, 3.05) is 5.32 Å². The van der Waals surface area contributed by atoms with E-state index in [1.807, 2.05) is 39.0 Å². The molecule has 0 atom stereocenters. The summed E-state index contributed by atoms with van der Waals surface area (Å²) in [6.45, 7) is 9.77. The highest BCUT2D eigenvalue weighted by atomic mass is 79.9. The average molecular weight is 314 g/mol. The Bertz CT molecular complexity index is 436. The van der Waals surface area contributed by atoms with Crippen LogP contribution in [0.1, 0.15) is 46.1 Å². The molecule has 1 rings (SSSR count). The molecule has 0 aliphatic heterocycles. The van der Waals surface area contributed by atoms with Gasteiger partial charge in [-0.25, -0.2) is 4.79 Å². The van der Waals surface area contributed by atoms with Crippen LogP contribution in [-0.4, -0.2) is 11.7 Å². The molecular weight excluding hydrogens is 294 g/mol. The van der Waals surface area contributed by atoms with Crippen LogP contribution >= 0.6 is 15.9 Å². The third-order valence-electron chi connectivity index (χ3n) is 2.30. The fourth-order valence-electron chi connectivity index (χ4n) is 1.41. The zero-order valence-electron chi connectivity index (χ0n) is 11.5. The van der Waals surface area contributed by atoms with Crippen LogP contribution in [0.3, 0.4) is 0 Å². The highest BCUT2D eigenvalue weighted by molar-refractivity contribution is 9.10. The van der Waals surface area contributed by atoms with E-state index in [1.54, 1.807) is 0 Å². The number of benzene rings is 1. The maximum atomic E-state index is 11.6. The number of amides is 1. The molecule has 0 saturated carbocycles. The number of nitrogens with one attached hydrogen (secondary N) is 1. The van der Waals surface area contributed by atoms with Gasteiger partial charge in [-0.05, 0) is 60.3 Å². The Labute approximate surface area is 117 Å². The van der Waals surface area contributed by atoms with E-state index in [2.05, 4.69) is 35.1 Å². The van der Waals surface area contributed by atoms with Crippen LogP contribution in [0.2, 0.25) is 0 Å². The molecular formula is C14H20BrNO2. The van der Waals surface area contributed by atoms with E-state index in [0.717, 1.165) is 4.47 Å². The van der Waals surface area contributed by atoms with E-state index < -0.39 is 11.7 Å². The second kappa shape index (κ2) is 5.74. The van der Waals surface area contributed by atoms with E-state index in [9.17, 15) is 4.79 Å². The predicted octanol–water partition coefficient (Wildman–Crippen LogP) is 4.92. The van der Waals surface area contributed by atoms with Crippen molar-refractivity contribution in [1.82, 2.24) is 0 Å². The normalized spacial score (nSPS) is 11.5. The molecule has 3 nitrogen and oxygen atoms in total. The second-order valence-corrected chi connectivity index (χ2v) is 6.38. The van der Waals surface area contributed by atoms with Crippen LogP contribution in [0.25, 0.3) is 0 Å². The molecule has 0 fully saturated rings. The Morgan fingerprint density at radius 2 is 1.94 bits per heavy atom. The number of rotatable bonds is 2. The lowest BCUT2D eigenvalue weighted by molar-refractivity contribution is 0.0636. The minimum absolute atomic E-state index is 0.444. The molecule has 0 unspecified atom stereocenters. The summed E-state index contributed by atoms with van der Waals surface area (Å²) in [5.41, 5.74) is 1.44. The first-order chi connectivity index (χ1) is 8.19. The number of hydrogen-bond acceptors (Lipinski definition) is 2. The SMILES string of the molecule is CC(C)c1ccc(NC(=O)OC(C)(C)C)c(Br)c1. The molecule has 0 saturated heterocycles. The second-order valence-electron chi connectivity index (χ2n) is 5.52. The molecule has 0 radical (unpaired) electrons. The van der Waals surface area contributed by atoms with Gasteiger partial charge in [0.15, 0.2) is 0 Å². The Morgan fingerprint density at radius 1 is 1.33 bits per heavy atom. The standard InChI is InChI=1S/C14H20BrNO2/c1-9(2)10-6-7-12(11(15)8-10)16-13(17)18-14(3,4)5/h6-9H,1-5H3,(H,16,17). The fraction of sp³-hybridized carbons (Fsp3) is 0.500. The third kappa shape index (κ3) is 4.69. The van der Waals surface area contributed by atoms with Gasteiger partial charge in [0, 0.05) is 4.47 Å². The van der Waals surface area contributed by atoms with E-state index >= 15 is 0 Å². The maximum Gasteiger partial charge on any atom is 0.412 e. The average Bonchev–Trinajstić information content (AvgIpc) is 2.17. The number of ether oxygens (including phenoxy) is 1. The van der Waals surface area contributed by atoms with Crippen LogP contribution in [0.15, 0.2) is 22.7 Å². The zero-order valence-corrected chi connectivity index (χ0v) is 13.1. The van der Waals surface area contributed by atoms with Gasteiger partial charge in [0.2, 0.25) is 0 Å². The van der Waals surface area contributed by atoms with Gasteiger partial charge in [0.1, 0.15) is 5.60 Å². The van der Waals surface area contributed by atoms with Crippen molar-refractivity contribution in [2.45, 2.75) is 46.1 Å². The van der Waals surface area contributed by atoms with Crippen LogP contribution < -0.4 is 5.32 Å². The number of carbonyl (C=O) groups is 1. The van der Waals surface area contributed by atoms with E-state index in [0.29, 0.717) is 11.6 Å². The van der Waals surface area contributed by atoms with Crippen LogP contribution in [-0.2, 0) is 4.74 Å². The van der Waals surface area contributed by atoms with Crippen LogP contribution in [0, 0.1) is 0 Å². The molecule has 1 aromatic carbocycles. The number of halogens is 1. The van der Waals surface area contributed by atoms with Crippen molar-refractivity contribution in [2.24, 2.45) is 0 Å². The molecule has 0 aliphatic carbocycles. The van der Waals surface area contributed by atoms with Crippen molar-refractivity contribution < 1.29 is 9.53 Å². The van der Waals surface area contributed by atoms with Gasteiger partial charge in [-0.3, -0.25) is 5.32 Å². The highest BCUT2D eigenvalue weighted by Crippen LogP contribution is 2.27. The van der Waals surface area contributed by atoms with Crippen molar-refractivity contribution in [3.8, 4) is 0 Å². The summed E-state index contributed by atoms with van der Waals surface area (Å²) < 4.78 is 6.06. The van der Waals surface area contributed by atoms with Crippen molar-refractivity contribution in [3.63, 3.8) is 0 Å². The molecule has 1 amide bonds. The van der Waals surface area contributed by atoms with Gasteiger partial charge < -0.3 is 4.74 Å². The van der Waals surface area contributed by atoms with Crippen molar-refractivity contribution in [3.05, 3.63) is 28.2 Å². The first kappa shape index (κ1) is 15.0. The molecule has 0 aromatic heterocycles. The molecule has 4 heteroatoms. The number of hydrogen-bond donors (Lipinski definition) is 1. The Morgan fingerprint density at radius 3 is 2.39 bits per heavy atom. The van der Waals surface area contributed by atoms with Gasteiger partial charge in [0.05, 0.1) is 5.69 Å². The Hall–Kier alpha value is -1.03. The van der Waals surface area contributed by atoms with Gasteiger partial charge in [-0.2, -0.15) is 0 Å². The molecule has 0 heterocycles. The molecule has 0 spiro atoms. The van der Waals surface area contributed by atoms with E-state index in [1.165, 1.54) is 5.56 Å². The predicted molar refractivity (Wildman–Crippen MR) is 78.1 cm³/mol. The van der Waals surface area contributed by atoms with Crippen molar-refractivity contribution in [1.29, 1.82) is 0 Å². The Kier molecular flexibility index (Phi) is 4.79. The van der Waals surface area contributed by atoms with E-state index in [4.69, 9.17) is 4.74 Å².